The van der Waals surface area contributed by atoms with Crippen molar-refractivity contribution in [3.8, 4) is 0 Å². The molecule has 1 amide bonds. The van der Waals surface area contributed by atoms with Gasteiger partial charge >= 0.3 is 5.97 Å². The van der Waals surface area contributed by atoms with Crippen molar-refractivity contribution in [3.05, 3.63) is 22.7 Å². The molecule has 0 heterocycles. The highest BCUT2D eigenvalue weighted by atomic mass is 35.5. The quantitative estimate of drug-likeness (QED) is 0.387. The van der Waals surface area contributed by atoms with E-state index in [2.05, 4.69) is 5.32 Å². The Morgan fingerprint density at radius 1 is 1.33 bits per heavy atom. The molecule has 0 saturated carbocycles. The first-order valence-electron chi connectivity index (χ1n) is 6.74. The number of rotatable bonds is 8. The van der Waals surface area contributed by atoms with Crippen molar-refractivity contribution in [1.82, 2.24) is 0 Å². The van der Waals surface area contributed by atoms with Crippen molar-refractivity contribution in [1.29, 1.82) is 0 Å². The van der Waals surface area contributed by atoms with Crippen LogP contribution in [0.3, 0.4) is 0 Å². The lowest BCUT2D eigenvalue weighted by Gasteiger charge is -2.14. The van der Waals surface area contributed by atoms with Crippen LogP contribution in [0.1, 0.15) is 36.5 Å². The molecule has 0 aliphatic heterocycles. The zero-order valence-corrected chi connectivity index (χ0v) is 12.7. The highest BCUT2D eigenvalue weighted by Gasteiger charge is 2.16. The number of unbranched alkanes of at least 4 members (excludes halogenated alkanes) is 1. The maximum atomic E-state index is 11.9. The Labute approximate surface area is 128 Å². The summed E-state index contributed by atoms with van der Waals surface area (Å²) < 4.78 is 4.98. The Hall–Kier alpha value is -1.95. The highest BCUT2D eigenvalue weighted by Crippen LogP contribution is 2.30. The van der Waals surface area contributed by atoms with Crippen LogP contribution in [0.15, 0.2) is 12.1 Å². The largest absolute Gasteiger partial charge is 0.462 e. The number of esters is 1. The number of nitrogen functional groups attached to an aromatic ring is 1. The number of nitrogens with two attached hydrogens (primary N) is 2. The molecule has 116 valence electrons. The van der Waals surface area contributed by atoms with Crippen LogP contribution in [-0.2, 0) is 9.53 Å². The van der Waals surface area contributed by atoms with Crippen LogP contribution in [0.4, 0.5) is 11.4 Å². The minimum atomic E-state index is -0.480. The number of halogens is 1. The molecule has 6 nitrogen and oxygen atoms in total. The molecule has 1 aromatic carbocycles. The van der Waals surface area contributed by atoms with E-state index in [1.54, 1.807) is 13.0 Å². The molecule has 1 aromatic rings. The van der Waals surface area contributed by atoms with Gasteiger partial charge in [0.25, 0.3) is 0 Å². The first kappa shape index (κ1) is 17.1. The number of nitrogens with one attached hydrogen (secondary N) is 1. The second-order valence-corrected chi connectivity index (χ2v) is 4.90. The fourth-order valence-corrected chi connectivity index (χ4v) is 2.11. The average molecular weight is 314 g/mol. The second kappa shape index (κ2) is 8.36. The van der Waals surface area contributed by atoms with Gasteiger partial charge in [-0.2, -0.15) is 0 Å². The topological polar surface area (TPSA) is 107 Å². The van der Waals surface area contributed by atoms with Gasteiger partial charge in [-0.25, -0.2) is 4.79 Å². The fourth-order valence-electron chi connectivity index (χ4n) is 1.81. The summed E-state index contributed by atoms with van der Waals surface area (Å²) in [6.45, 7) is 2.55. The average Bonchev–Trinajstić information content (AvgIpc) is 2.39. The van der Waals surface area contributed by atoms with Gasteiger partial charge in [0.15, 0.2) is 0 Å². The predicted molar refractivity (Wildman–Crippen MR) is 83.4 cm³/mol. The summed E-state index contributed by atoms with van der Waals surface area (Å²) in [7, 11) is 0. The normalized spacial score (nSPS) is 10.2. The van der Waals surface area contributed by atoms with Gasteiger partial charge in [-0.1, -0.05) is 11.6 Å². The molecule has 0 saturated heterocycles. The minimum absolute atomic E-state index is 0.267. The van der Waals surface area contributed by atoms with Gasteiger partial charge in [0, 0.05) is 18.7 Å². The number of carbonyl (C=O) groups excluding carboxylic acids is 2. The number of ether oxygens (including phenoxy) is 1. The molecule has 21 heavy (non-hydrogen) atoms. The van der Waals surface area contributed by atoms with Crippen molar-refractivity contribution in [3.63, 3.8) is 0 Å². The van der Waals surface area contributed by atoms with E-state index in [4.69, 9.17) is 27.8 Å². The monoisotopic (exact) mass is 313 g/mol. The first-order valence-corrected chi connectivity index (χ1v) is 7.11. The van der Waals surface area contributed by atoms with E-state index < -0.39 is 5.97 Å². The molecule has 7 heteroatoms. The number of primary amides is 1. The second-order valence-electron chi connectivity index (χ2n) is 4.50. The summed E-state index contributed by atoms with van der Waals surface area (Å²) in [6.07, 6.45) is 1.73. The van der Waals surface area contributed by atoms with Gasteiger partial charge in [0.1, 0.15) is 0 Å². The van der Waals surface area contributed by atoms with Crippen molar-refractivity contribution < 1.29 is 14.3 Å². The Balaban J connectivity index is 2.75. The van der Waals surface area contributed by atoms with E-state index in [-0.39, 0.29) is 12.5 Å². The van der Waals surface area contributed by atoms with Gasteiger partial charge < -0.3 is 21.5 Å². The van der Waals surface area contributed by atoms with Crippen LogP contribution >= 0.6 is 11.6 Å². The third-order valence-electron chi connectivity index (χ3n) is 2.76. The standard InChI is InChI=1S/C14H20ClN3O3/c1-2-21-14(20)10-7-9(16)8-11(15)13(10)18-6-4-3-5-12(17)19/h7-8,18H,2-6,16H2,1H3,(H2,17,19). The van der Waals surface area contributed by atoms with Gasteiger partial charge in [-0.3, -0.25) is 4.79 Å². The molecule has 1 rings (SSSR count). The van der Waals surface area contributed by atoms with E-state index in [0.29, 0.717) is 41.3 Å². The third kappa shape index (κ3) is 5.51. The zero-order chi connectivity index (χ0) is 15.8. The molecule has 0 unspecified atom stereocenters. The number of hydrogen-bond acceptors (Lipinski definition) is 5. The van der Waals surface area contributed by atoms with E-state index in [9.17, 15) is 9.59 Å². The summed E-state index contributed by atoms with van der Waals surface area (Å²) in [4.78, 5) is 22.6. The SMILES string of the molecule is CCOC(=O)c1cc(N)cc(Cl)c1NCCCCC(N)=O. The zero-order valence-electron chi connectivity index (χ0n) is 11.9. The van der Waals surface area contributed by atoms with Crippen molar-refractivity contribution in [2.45, 2.75) is 26.2 Å². The lowest BCUT2D eigenvalue weighted by atomic mass is 10.1. The van der Waals surface area contributed by atoms with Crippen molar-refractivity contribution in [2.75, 3.05) is 24.2 Å². The lowest BCUT2D eigenvalue weighted by molar-refractivity contribution is -0.118. The first-order chi connectivity index (χ1) is 9.95. The van der Waals surface area contributed by atoms with Crippen molar-refractivity contribution >= 4 is 34.9 Å². The Bertz CT molecular complexity index is 520. The van der Waals surface area contributed by atoms with Crippen LogP contribution in [0, 0.1) is 0 Å². The van der Waals surface area contributed by atoms with Crippen molar-refractivity contribution in [2.24, 2.45) is 5.73 Å². The Kier molecular flexibility index (Phi) is 6.81. The predicted octanol–water partition coefficient (Wildman–Crippen LogP) is 2.17. The van der Waals surface area contributed by atoms with Gasteiger partial charge in [-0.05, 0) is 31.9 Å². The number of benzene rings is 1. The third-order valence-corrected chi connectivity index (χ3v) is 3.06. The molecular weight excluding hydrogens is 294 g/mol. The Morgan fingerprint density at radius 3 is 2.67 bits per heavy atom. The summed E-state index contributed by atoms with van der Waals surface area (Å²) in [5.74, 6) is -0.806. The number of amides is 1. The molecule has 0 aliphatic rings. The maximum Gasteiger partial charge on any atom is 0.340 e. The highest BCUT2D eigenvalue weighted by molar-refractivity contribution is 6.34. The van der Waals surface area contributed by atoms with Crippen LogP contribution in [0.25, 0.3) is 0 Å². The lowest BCUT2D eigenvalue weighted by Crippen LogP contribution is -2.13. The van der Waals surface area contributed by atoms with E-state index >= 15 is 0 Å². The van der Waals surface area contributed by atoms with Gasteiger partial charge in [0.2, 0.25) is 5.91 Å². The molecule has 0 aliphatic carbocycles. The number of hydrogen-bond donors (Lipinski definition) is 3. The number of anilines is 2. The molecule has 0 radical (unpaired) electrons. The van der Waals surface area contributed by atoms with Crippen LogP contribution in [0.5, 0.6) is 0 Å². The van der Waals surface area contributed by atoms with E-state index in [0.717, 1.165) is 6.42 Å². The van der Waals surface area contributed by atoms with E-state index in [1.165, 1.54) is 6.07 Å². The van der Waals surface area contributed by atoms with Crippen LogP contribution < -0.4 is 16.8 Å². The summed E-state index contributed by atoms with van der Waals surface area (Å²) in [6, 6.07) is 3.09. The minimum Gasteiger partial charge on any atom is -0.462 e. The van der Waals surface area contributed by atoms with Gasteiger partial charge in [0.05, 0.1) is 22.9 Å². The molecule has 0 atom stereocenters. The fraction of sp³-hybridized carbons (Fsp3) is 0.429. The summed E-state index contributed by atoms with van der Waals surface area (Å²) >= 11 is 6.12. The molecular formula is C14H20ClN3O3. The smallest absolute Gasteiger partial charge is 0.340 e. The molecule has 0 spiro atoms. The molecule has 5 N–H and O–H groups in total. The van der Waals surface area contributed by atoms with Crippen LogP contribution in [-0.4, -0.2) is 25.0 Å². The summed E-state index contributed by atoms with van der Waals surface area (Å²) in [5.41, 5.74) is 12.0. The molecule has 0 bridgehead atoms. The Morgan fingerprint density at radius 2 is 2.05 bits per heavy atom. The number of carbonyl (C=O) groups is 2. The van der Waals surface area contributed by atoms with E-state index in [1.807, 2.05) is 0 Å². The maximum absolute atomic E-state index is 11.9. The molecule has 0 fully saturated rings. The van der Waals surface area contributed by atoms with Gasteiger partial charge in [-0.15, -0.1) is 0 Å². The summed E-state index contributed by atoms with van der Waals surface area (Å²) in [5, 5.41) is 3.44. The van der Waals surface area contributed by atoms with Crippen LogP contribution in [0.2, 0.25) is 5.02 Å². The molecule has 0 aromatic heterocycles.